The number of nitrogens with zero attached hydrogens (tertiary/aromatic N) is 1. The van der Waals surface area contributed by atoms with Gasteiger partial charge < -0.3 is 14.7 Å². The number of hydrogen-bond acceptors (Lipinski definition) is 4. The topological polar surface area (TPSA) is 66.8 Å². The average Bonchev–Trinajstić information content (AvgIpc) is 2.78. The van der Waals surface area contributed by atoms with Gasteiger partial charge in [0.05, 0.1) is 41.7 Å². The van der Waals surface area contributed by atoms with Gasteiger partial charge in [-0.25, -0.2) is 4.39 Å². The Kier molecular flexibility index (Phi) is 6.15. The summed E-state index contributed by atoms with van der Waals surface area (Å²) in [6.45, 7) is 0. The molecule has 1 unspecified atom stereocenters. The van der Waals surface area contributed by atoms with Crippen LogP contribution in [-0.4, -0.2) is 34.2 Å². The van der Waals surface area contributed by atoms with Crippen LogP contribution < -0.4 is 9.64 Å². The third-order valence-electron chi connectivity index (χ3n) is 5.45. The minimum Gasteiger partial charge on any atom is -0.497 e. The van der Waals surface area contributed by atoms with Gasteiger partial charge in [-0.15, -0.1) is 0 Å². The molecule has 160 valence electrons. The molecule has 1 amide bonds. The van der Waals surface area contributed by atoms with Crippen molar-refractivity contribution in [3.8, 4) is 5.75 Å². The molecule has 7 heteroatoms. The molecule has 0 saturated carbocycles. The molecule has 1 heterocycles. The molecule has 1 aliphatic rings. The Bertz CT molecular complexity index is 1070. The van der Waals surface area contributed by atoms with E-state index in [4.69, 9.17) is 4.74 Å². The van der Waals surface area contributed by atoms with E-state index in [1.165, 1.54) is 24.3 Å². The molecule has 0 radical (unpaired) electrons. The van der Waals surface area contributed by atoms with Crippen molar-refractivity contribution in [2.45, 2.75) is 17.0 Å². The summed E-state index contributed by atoms with van der Waals surface area (Å²) in [6.07, 6.45) is -1.12. The minimum atomic E-state index is -1.56. The zero-order valence-corrected chi connectivity index (χ0v) is 17.7. The van der Waals surface area contributed by atoms with E-state index in [9.17, 15) is 18.5 Å². The van der Waals surface area contributed by atoms with Gasteiger partial charge in [-0.05, 0) is 54.1 Å². The Labute approximate surface area is 182 Å². The number of ether oxygens (including phenoxy) is 1. The van der Waals surface area contributed by atoms with E-state index in [1.54, 1.807) is 24.1 Å². The SMILES string of the molecule is COc1ccc([C@@H]2[C@@H]([C@H](O)CS(=O)c3ccc(F)cc3)C(=O)N2c2ccccc2)cc1. The van der Waals surface area contributed by atoms with Crippen LogP contribution in [0.5, 0.6) is 5.75 Å². The lowest BCUT2D eigenvalue weighted by Gasteiger charge is -2.49. The normalized spacial score (nSPS) is 20.1. The molecule has 1 N–H and O–H groups in total. The summed E-state index contributed by atoms with van der Waals surface area (Å²) in [5.41, 5.74) is 1.58. The number of β-lactam (4-membered cyclic amide) rings is 1. The van der Waals surface area contributed by atoms with Gasteiger partial charge in [0.15, 0.2) is 0 Å². The second-order valence-corrected chi connectivity index (χ2v) is 8.82. The fraction of sp³-hybridized carbons (Fsp3) is 0.208. The van der Waals surface area contributed by atoms with Crippen LogP contribution in [0.15, 0.2) is 83.8 Å². The largest absolute Gasteiger partial charge is 0.497 e. The molecular formula is C24H22FNO4S. The van der Waals surface area contributed by atoms with E-state index in [1.807, 2.05) is 42.5 Å². The summed E-state index contributed by atoms with van der Waals surface area (Å²) >= 11 is 0. The predicted molar refractivity (Wildman–Crippen MR) is 117 cm³/mol. The Morgan fingerprint density at radius 1 is 1.03 bits per heavy atom. The number of carbonyl (C=O) groups excluding carboxylic acids is 1. The van der Waals surface area contributed by atoms with Crippen molar-refractivity contribution in [2.75, 3.05) is 17.8 Å². The van der Waals surface area contributed by atoms with Crippen molar-refractivity contribution in [2.24, 2.45) is 5.92 Å². The summed E-state index contributed by atoms with van der Waals surface area (Å²) in [5, 5.41) is 10.9. The second-order valence-electron chi connectivity index (χ2n) is 7.32. The van der Waals surface area contributed by atoms with E-state index in [0.29, 0.717) is 10.6 Å². The highest BCUT2D eigenvalue weighted by molar-refractivity contribution is 7.85. The number of carbonyl (C=O) groups is 1. The highest BCUT2D eigenvalue weighted by Gasteiger charge is 2.52. The first kappa shape index (κ1) is 21.2. The highest BCUT2D eigenvalue weighted by Crippen LogP contribution is 2.45. The molecule has 3 aromatic carbocycles. The molecule has 3 aromatic rings. The van der Waals surface area contributed by atoms with E-state index in [-0.39, 0.29) is 11.7 Å². The smallest absolute Gasteiger partial charge is 0.235 e. The number of anilines is 1. The molecule has 0 aliphatic carbocycles. The van der Waals surface area contributed by atoms with Crippen molar-refractivity contribution in [1.82, 2.24) is 0 Å². The molecular weight excluding hydrogens is 417 g/mol. The third kappa shape index (κ3) is 4.24. The van der Waals surface area contributed by atoms with Crippen LogP contribution in [0.3, 0.4) is 0 Å². The number of amides is 1. The van der Waals surface area contributed by atoms with Crippen molar-refractivity contribution in [3.63, 3.8) is 0 Å². The third-order valence-corrected chi connectivity index (χ3v) is 6.89. The zero-order chi connectivity index (χ0) is 22.0. The molecule has 4 rings (SSSR count). The van der Waals surface area contributed by atoms with E-state index in [0.717, 1.165) is 11.3 Å². The van der Waals surface area contributed by atoms with Crippen LogP contribution in [0.25, 0.3) is 0 Å². The molecule has 1 fully saturated rings. The molecule has 0 spiro atoms. The van der Waals surface area contributed by atoms with Gasteiger partial charge in [0.2, 0.25) is 5.91 Å². The van der Waals surface area contributed by atoms with Gasteiger partial charge in [-0.3, -0.25) is 9.00 Å². The quantitative estimate of drug-likeness (QED) is 0.570. The Balaban J connectivity index is 1.60. The molecule has 1 saturated heterocycles. The first-order chi connectivity index (χ1) is 15.0. The molecule has 4 atom stereocenters. The van der Waals surface area contributed by atoms with E-state index < -0.39 is 34.7 Å². The Morgan fingerprint density at radius 2 is 1.68 bits per heavy atom. The molecule has 5 nitrogen and oxygen atoms in total. The van der Waals surface area contributed by atoms with E-state index >= 15 is 0 Å². The number of aliphatic hydroxyl groups excluding tert-OH is 1. The summed E-state index contributed by atoms with van der Waals surface area (Å²) < 4.78 is 31.0. The number of halogens is 1. The molecule has 31 heavy (non-hydrogen) atoms. The van der Waals surface area contributed by atoms with Crippen LogP contribution in [0, 0.1) is 11.7 Å². The van der Waals surface area contributed by atoms with Crippen molar-refractivity contribution < 1.29 is 23.2 Å². The maximum absolute atomic E-state index is 13.1. The number of methoxy groups -OCH3 is 1. The Hall–Kier alpha value is -3.03. The zero-order valence-electron chi connectivity index (χ0n) is 16.9. The predicted octanol–water partition coefficient (Wildman–Crippen LogP) is 3.71. The maximum atomic E-state index is 13.1. The second kappa shape index (κ2) is 8.99. The minimum absolute atomic E-state index is 0.114. The molecule has 0 aromatic heterocycles. The maximum Gasteiger partial charge on any atom is 0.235 e. The number of rotatable bonds is 7. The van der Waals surface area contributed by atoms with Gasteiger partial charge in [0.25, 0.3) is 0 Å². The lowest BCUT2D eigenvalue weighted by molar-refractivity contribution is -0.135. The van der Waals surface area contributed by atoms with Gasteiger partial charge in [0, 0.05) is 10.6 Å². The van der Waals surface area contributed by atoms with Crippen molar-refractivity contribution >= 4 is 22.4 Å². The van der Waals surface area contributed by atoms with Gasteiger partial charge >= 0.3 is 0 Å². The van der Waals surface area contributed by atoms with Crippen LogP contribution in [-0.2, 0) is 15.6 Å². The van der Waals surface area contributed by atoms with Gasteiger partial charge in [-0.2, -0.15) is 0 Å². The fourth-order valence-electron chi connectivity index (χ4n) is 3.86. The lowest BCUT2D eigenvalue weighted by atomic mass is 9.78. The highest BCUT2D eigenvalue weighted by atomic mass is 32.2. The van der Waals surface area contributed by atoms with Gasteiger partial charge in [0.1, 0.15) is 11.6 Å². The number of hydrogen-bond donors (Lipinski definition) is 1. The summed E-state index contributed by atoms with van der Waals surface area (Å²) in [7, 11) is 0.0143. The number of benzene rings is 3. The van der Waals surface area contributed by atoms with Crippen LogP contribution in [0.2, 0.25) is 0 Å². The molecule has 1 aliphatic heterocycles. The van der Waals surface area contributed by atoms with E-state index in [2.05, 4.69) is 0 Å². The summed E-state index contributed by atoms with van der Waals surface area (Å²) in [6, 6.07) is 21.5. The number of aliphatic hydroxyl groups is 1. The van der Waals surface area contributed by atoms with Crippen molar-refractivity contribution in [1.29, 1.82) is 0 Å². The number of para-hydroxylation sites is 1. The van der Waals surface area contributed by atoms with Crippen molar-refractivity contribution in [3.05, 3.63) is 90.2 Å². The van der Waals surface area contributed by atoms with Gasteiger partial charge in [-0.1, -0.05) is 30.3 Å². The standard InChI is InChI=1S/C24H22FNO4S/c1-30-19-11-7-16(8-12-19)23-22(24(28)26(23)18-5-3-2-4-6-18)21(27)15-31(29)20-13-9-17(25)10-14-20/h2-14,21-23,27H,15H2,1H3/t21-,22-,23-,31?/m1/s1. The van der Waals surface area contributed by atoms with Crippen LogP contribution in [0.1, 0.15) is 11.6 Å². The lowest BCUT2D eigenvalue weighted by Crippen LogP contribution is -2.60. The van der Waals surface area contributed by atoms with Crippen LogP contribution in [0.4, 0.5) is 10.1 Å². The fourth-order valence-corrected chi connectivity index (χ4v) is 5.01. The average molecular weight is 440 g/mol. The summed E-state index contributed by atoms with van der Waals surface area (Å²) in [5.74, 6) is -0.811. The molecule has 0 bridgehead atoms. The Morgan fingerprint density at radius 3 is 2.29 bits per heavy atom. The first-order valence-corrected chi connectivity index (χ1v) is 11.2. The first-order valence-electron chi connectivity index (χ1n) is 9.83. The summed E-state index contributed by atoms with van der Waals surface area (Å²) in [4.78, 5) is 15.1. The van der Waals surface area contributed by atoms with Crippen LogP contribution >= 0.6 is 0 Å². The monoisotopic (exact) mass is 439 g/mol.